The highest BCUT2D eigenvalue weighted by Gasteiger charge is 2.48. The van der Waals surface area contributed by atoms with Crippen molar-refractivity contribution < 1.29 is 4.74 Å². The van der Waals surface area contributed by atoms with Crippen LogP contribution < -0.4 is 5.32 Å². The molecule has 0 saturated heterocycles. The van der Waals surface area contributed by atoms with Crippen molar-refractivity contribution in [3.8, 4) is 0 Å². The van der Waals surface area contributed by atoms with E-state index in [0.717, 1.165) is 17.9 Å². The van der Waals surface area contributed by atoms with E-state index in [2.05, 4.69) is 5.32 Å². The Hall–Kier alpha value is -0.0800. The van der Waals surface area contributed by atoms with Gasteiger partial charge in [0.1, 0.15) is 0 Å². The molecule has 0 bridgehead atoms. The highest BCUT2D eigenvalue weighted by atomic mass is 16.5. The van der Waals surface area contributed by atoms with Crippen molar-refractivity contribution in [2.24, 2.45) is 11.8 Å². The summed E-state index contributed by atoms with van der Waals surface area (Å²) in [4.78, 5) is 0. The smallest absolute Gasteiger partial charge is 0.0724 e. The molecule has 1 N–H and O–H groups in total. The van der Waals surface area contributed by atoms with Gasteiger partial charge in [-0.3, -0.25) is 0 Å². The van der Waals surface area contributed by atoms with Crippen molar-refractivity contribution in [3.05, 3.63) is 0 Å². The summed E-state index contributed by atoms with van der Waals surface area (Å²) in [6, 6.07) is 1.49. The predicted molar refractivity (Wildman–Crippen MR) is 56.2 cm³/mol. The fourth-order valence-corrected chi connectivity index (χ4v) is 3.58. The Morgan fingerprint density at radius 3 is 2.64 bits per heavy atom. The highest BCUT2D eigenvalue weighted by molar-refractivity contribution is 5.03. The fourth-order valence-electron chi connectivity index (χ4n) is 3.58. The van der Waals surface area contributed by atoms with E-state index < -0.39 is 0 Å². The minimum Gasteiger partial charge on any atom is -0.380 e. The van der Waals surface area contributed by atoms with Gasteiger partial charge in [0.05, 0.1) is 6.10 Å². The Bertz CT molecular complexity index is 218. The van der Waals surface area contributed by atoms with Crippen LogP contribution in [0.1, 0.15) is 38.5 Å². The molecule has 0 spiro atoms. The van der Waals surface area contributed by atoms with Crippen LogP contribution in [0.3, 0.4) is 0 Å². The molecule has 5 unspecified atom stereocenters. The first-order chi connectivity index (χ1) is 6.88. The van der Waals surface area contributed by atoms with Crippen molar-refractivity contribution in [3.63, 3.8) is 0 Å². The lowest BCUT2D eigenvalue weighted by Crippen LogP contribution is -2.43. The molecule has 3 aliphatic rings. The normalized spacial score (nSPS) is 50.8. The Morgan fingerprint density at radius 1 is 1.07 bits per heavy atom. The number of ether oxygens (including phenoxy) is 1. The van der Waals surface area contributed by atoms with E-state index in [4.69, 9.17) is 4.74 Å². The summed E-state index contributed by atoms with van der Waals surface area (Å²) in [7, 11) is 1.86. The SMILES string of the molecule is COC1CCCC1NC1CCC2CC21. The summed E-state index contributed by atoms with van der Waals surface area (Å²) in [5.41, 5.74) is 0. The standard InChI is InChI=1S/C12H21NO/c1-14-12-4-2-3-11(12)13-10-6-5-8-7-9(8)10/h8-13H,2-7H2,1H3. The minimum absolute atomic E-state index is 0.493. The lowest BCUT2D eigenvalue weighted by Gasteiger charge is -2.24. The van der Waals surface area contributed by atoms with Gasteiger partial charge in [-0.25, -0.2) is 0 Å². The minimum atomic E-state index is 0.493. The molecule has 3 saturated carbocycles. The molecule has 14 heavy (non-hydrogen) atoms. The number of nitrogens with one attached hydrogen (secondary N) is 1. The van der Waals surface area contributed by atoms with Gasteiger partial charge in [-0.2, -0.15) is 0 Å². The molecule has 2 heteroatoms. The van der Waals surface area contributed by atoms with E-state index in [0.29, 0.717) is 12.1 Å². The summed E-state index contributed by atoms with van der Waals surface area (Å²) < 4.78 is 5.52. The number of hydrogen-bond acceptors (Lipinski definition) is 2. The molecular formula is C12H21NO. The summed E-state index contributed by atoms with van der Waals surface area (Å²) in [5, 5.41) is 3.85. The van der Waals surface area contributed by atoms with E-state index in [1.807, 2.05) is 7.11 Å². The van der Waals surface area contributed by atoms with Gasteiger partial charge in [0, 0.05) is 19.2 Å². The number of rotatable bonds is 3. The average Bonchev–Trinajstić information content (AvgIpc) is 2.68. The molecule has 3 rings (SSSR count). The largest absolute Gasteiger partial charge is 0.380 e. The maximum atomic E-state index is 5.52. The zero-order valence-electron chi connectivity index (χ0n) is 9.04. The zero-order valence-corrected chi connectivity index (χ0v) is 9.04. The molecule has 0 amide bonds. The van der Waals surface area contributed by atoms with Gasteiger partial charge in [0.2, 0.25) is 0 Å². The van der Waals surface area contributed by atoms with Crippen molar-refractivity contribution in [1.29, 1.82) is 0 Å². The Balaban J connectivity index is 1.55. The van der Waals surface area contributed by atoms with Gasteiger partial charge in [0.15, 0.2) is 0 Å². The summed E-state index contributed by atoms with van der Waals surface area (Å²) in [6.07, 6.45) is 8.82. The first kappa shape index (κ1) is 9.17. The van der Waals surface area contributed by atoms with E-state index in [1.54, 1.807) is 0 Å². The molecule has 0 heterocycles. The predicted octanol–water partition coefficient (Wildman–Crippen LogP) is 1.94. The van der Waals surface area contributed by atoms with Crippen LogP contribution in [-0.4, -0.2) is 25.3 Å². The molecule has 0 aromatic heterocycles. The zero-order chi connectivity index (χ0) is 9.54. The number of hydrogen-bond donors (Lipinski definition) is 1. The van der Waals surface area contributed by atoms with E-state index in [9.17, 15) is 0 Å². The lowest BCUT2D eigenvalue weighted by molar-refractivity contribution is 0.0805. The second-order valence-electron chi connectivity index (χ2n) is 5.32. The maximum Gasteiger partial charge on any atom is 0.0724 e. The highest BCUT2D eigenvalue weighted by Crippen LogP contribution is 2.52. The number of fused-ring (bicyclic) bond motifs is 1. The third-order valence-electron chi connectivity index (χ3n) is 4.53. The van der Waals surface area contributed by atoms with Crippen LogP contribution in [0.25, 0.3) is 0 Å². The first-order valence-electron chi connectivity index (χ1n) is 6.17. The van der Waals surface area contributed by atoms with Gasteiger partial charge >= 0.3 is 0 Å². The molecule has 80 valence electrons. The summed E-state index contributed by atoms with van der Waals surface area (Å²) >= 11 is 0. The average molecular weight is 195 g/mol. The molecule has 2 nitrogen and oxygen atoms in total. The molecular weight excluding hydrogens is 174 g/mol. The van der Waals surface area contributed by atoms with Crippen LogP contribution in [0, 0.1) is 11.8 Å². The van der Waals surface area contributed by atoms with Crippen LogP contribution in [-0.2, 0) is 4.74 Å². The van der Waals surface area contributed by atoms with Crippen molar-refractivity contribution in [2.45, 2.75) is 56.7 Å². The van der Waals surface area contributed by atoms with E-state index >= 15 is 0 Å². The molecule has 3 fully saturated rings. The molecule has 0 aromatic rings. The van der Waals surface area contributed by atoms with Gasteiger partial charge in [-0.15, -0.1) is 0 Å². The third kappa shape index (κ3) is 1.49. The van der Waals surface area contributed by atoms with Crippen LogP contribution in [0.15, 0.2) is 0 Å². The summed E-state index contributed by atoms with van der Waals surface area (Å²) in [6.45, 7) is 0. The van der Waals surface area contributed by atoms with Crippen LogP contribution in [0.5, 0.6) is 0 Å². The molecule has 5 atom stereocenters. The molecule has 3 aliphatic carbocycles. The van der Waals surface area contributed by atoms with Crippen LogP contribution >= 0.6 is 0 Å². The molecule has 0 aliphatic heterocycles. The maximum absolute atomic E-state index is 5.52. The van der Waals surface area contributed by atoms with E-state index in [-0.39, 0.29) is 0 Å². The van der Waals surface area contributed by atoms with E-state index in [1.165, 1.54) is 38.5 Å². The van der Waals surface area contributed by atoms with Crippen molar-refractivity contribution >= 4 is 0 Å². The Labute approximate surface area is 86.4 Å². The second kappa shape index (κ2) is 3.49. The third-order valence-corrected chi connectivity index (χ3v) is 4.53. The first-order valence-corrected chi connectivity index (χ1v) is 6.17. The second-order valence-corrected chi connectivity index (χ2v) is 5.32. The van der Waals surface area contributed by atoms with Crippen LogP contribution in [0.2, 0.25) is 0 Å². The number of methoxy groups -OCH3 is 1. The quantitative estimate of drug-likeness (QED) is 0.743. The Morgan fingerprint density at radius 2 is 2.00 bits per heavy atom. The van der Waals surface area contributed by atoms with Crippen LogP contribution in [0.4, 0.5) is 0 Å². The van der Waals surface area contributed by atoms with Gasteiger partial charge in [-0.05, 0) is 50.4 Å². The van der Waals surface area contributed by atoms with Gasteiger partial charge in [0.25, 0.3) is 0 Å². The monoisotopic (exact) mass is 195 g/mol. The fraction of sp³-hybridized carbons (Fsp3) is 1.00. The lowest BCUT2D eigenvalue weighted by atomic mass is 10.1. The molecule has 0 aromatic carbocycles. The topological polar surface area (TPSA) is 21.3 Å². The molecule has 0 radical (unpaired) electrons. The van der Waals surface area contributed by atoms with Gasteiger partial charge in [-0.1, -0.05) is 0 Å². The van der Waals surface area contributed by atoms with Crippen molar-refractivity contribution in [2.75, 3.05) is 7.11 Å². The summed E-state index contributed by atoms with van der Waals surface area (Å²) in [5.74, 6) is 2.13. The van der Waals surface area contributed by atoms with Crippen molar-refractivity contribution in [1.82, 2.24) is 5.32 Å². The van der Waals surface area contributed by atoms with Gasteiger partial charge < -0.3 is 10.1 Å². The Kier molecular flexibility index (Phi) is 2.29.